The number of hydrogen-bond acceptors (Lipinski definition) is 4. The Morgan fingerprint density at radius 3 is 2.20 bits per heavy atom. The van der Waals surface area contributed by atoms with Crippen LogP contribution in [-0.4, -0.2) is 42.6 Å². The average Bonchev–Trinajstić information content (AvgIpc) is 2.78. The highest BCUT2D eigenvalue weighted by Crippen LogP contribution is 2.13. The molecular weight excluding hydrogens is 268 g/mol. The number of aliphatic carboxylic acids is 2. The molecule has 0 aliphatic rings. The lowest BCUT2D eigenvalue weighted by molar-refractivity contribution is -0.159. The van der Waals surface area contributed by atoms with Gasteiger partial charge in [-0.05, 0) is 12.1 Å². The molecule has 0 aromatic carbocycles. The third-order valence-corrected chi connectivity index (χ3v) is 2.32. The number of aryl methyl sites for hydroxylation is 1. The molecule has 106 valence electrons. The Morgan fingerprint density at radius 1 is 1.15 bits per heavy atom. The minimum atomic E-state index is -1.82. The van der Waals surface area contributed by atoms with Crippen LogP contribution in [0.15, 0.2) is 24.4 Å². The molecule has 2 rings (SSSR count). The minimum absolute atomic E-state index is 0.127. The van der Waals surface area contributed by atoms with Gasteiger partial charge in [0.1, 0.15) is 5.82 Å². The van der Waals surface area contributed by atoms with Gasteiger partial charge in [-0.3, -0.25) is 0 Å². The van der Waals surface area contributed by atoms with Crippen LogP contribution in [0.25, 0.3) is 5.52 Å². The quantitative estimate of drug-likeness (QED) is 0.692. The van der Waals surface area contributed by atoms with Gasteiger partial charge in [-0.15, -0.1) is 0 Å². The van der Waals surface area contributed by atoms with Crippen molar-refractivity contribution in [2.24, 2.45) is 0 Å². The molecule has 0 unspecified atom stereocenters. The van der Waals surface area contributed by atoms with E-state index in [9.17, 15) is 4.79 Å². The molecule has 2 aromatic rings. The Bertz CT molecular complexity index is 649. The fourth-order valence-corrected chi connectivity index (χ4v) is 1.51. The molecule has 2 aromatic heterocycles. The SMILES string of the molecule is CCc1nc(C(=O)O)c2ccccn12.O=C(O)C(=O)O. The Hall–Kier alpha value is -2.90. The molecule has 8 nitrogen and oxygen atoms in total. The van der Waals surface area contributed by atoms with Crippen molar-refractivity contribution in [3.63, 3.8) is 0 Å². The maximum absolute atomic E-state index is 10.9. The molecule has 0 saturated carbocycles. The third-order valence-electron chi connectivity index (χ3n) is 2.32. The number of imidazole rings is 1. The standard InChI is InChI=1S/C10H10N2O2.C2H2O4/c1-2-8-11-9(10(13)14)7-5-3-4-6-12(7)8;3-1(4)2(5)6/h3-6H,2H2,1H3,(H,13,14);(H,3,4)(H,5,6). The molecule has 3 N–H and O–H groups in total. The number of carboxylic acids is 3. The summed E-state index contributed by atoms with van der Waals surface area (Å²) in [6, 6.07) is 5.43. The second-order valence-electron chi connectivity index (χ2n) is 3.60. The number of aromatic nitrogens is 2. The van der Waals surface area contributed by atoms with Crippen molar-refractivity contribution in [3.8, 4) is 0 Å². The fourth-order valence-electron chi connectivity index (χ4n) is 1.51. The number of aromatic carboxylic acids is 1. The van der Waals surface area contributed by atoms with E-state index in [-0.39, 0.29) is 5.69 Å². The van der Waals surface area contributed by atoms with Crippen LogP contribution in [0.3, 0.4) is 0 Å². The van der Waals surface area contributed by atoms with E-state index < -0.39 is 17.9 Å². The molecule has 0 saturated heterocycles. The summed E-state index contributed by atoms with van der Waals surface area (Å²) in [4.78, 5) is 33.1. The maximum Gasteiger partial charge on any atom is 0.414 e. The van der Waals surface area contributed by atoms with Gasteiger partial charge in [-0.1, -0.05) is 13.0 Å². The van der Waals surface area contributed by atoms with E-state index >= 15 is 0 Å². The van der Waals surface area contributed by atoms with Gasteiger partial charge in [-0.2, -0.15) is 0 Å². The first-order valence-corrected chi connectivity index (χ1v) is 5.54. The molecule has 0 atom stereocenters. The van der Waals surface area contributed by atoms with Crippen LogP contribution in [0.4, 0.5) is 0 Å². The van der Waals surface area contributed by atoms with E-state index in [0.717, 1.165) is 12.2 Å². The second-order valence-corrected chi connectivity index (χ2v) is 3.60. The Labute approximate surface area is 112 Å². The van der Waals surface area contributed by atoms with Gasteiger partial charge in [0.15, 0.2) is 5.69 Å². The van der Waals surface area contributed by atoms with Crippen LogP contribution in [0, 0.1) is 0 Å². The van der Waals surface area contributed by atoms with Crippen molar-refractivity contribution < 1.29 is 29.7 Å². The van der Waals surface area contributed by atoms with Crippen LogP contribution < -0.4 is 0 Å². The van der Waals surface area contributed by atoms with Crippen LogP contribution in [-0.2, 0) is 16.0 Å². The van der Waals surface area contributed by atoms with Gasteiger partial charge in [0.2, 0.25) is 0 Å². The fraction of sp³-hybridized carbons (Fsp3) is 0.167. The summed E-state index contributed by atoms with van der Waals surface area (Å²) in [7, 11) is 0. The largest absolute Gasteiger partial charge is 0.476 e. The molecule has 0 aliphatic carbocycles. The van der Waals surface area contributed by atoms with Crippen LogP contribution in [0.1, 0.15) is 23.2 Å². The zero-order valence-electron chi connectivity index (χ0n) is 10.5. The summed E-state index contributed by atoms with van der Waals surface area (Å²) in [5.41, 5.74) is 0.777. The molecule has 0 bridgehead atoms. The molecule has 0 fully saturated rings. The van der Waals surface area contributed by atoms with Gasteiger partial charge < -0.3 is 19.7 Å². The predicted octanol–water partition coefficient (Wildman–Crippen LogP) is 0.750. The molecule has 2 heterocycles. The molecule has 0 aliphatic heterocycles. The number of nitrogens with zero attached hydrogens (tertiary/aromatic N) is 2. The highest BCUT2D eigenvalue weighted by molar-refractivity contribution is 6.27. The van der Waals surface area contributed by atoms with Gasteiger partial charge in [0, 0.05) is 12.6 Å². The first-order chi connectivity index (χ1) is 9.38. The lowest BCUT2D eigenvalue weighted by atomic mass is 10.3. The summed E-state index contributed by atoms with van der Waals surface area (Å²) in [5, 5.41) is 23.7. The summed E-state index contributed by atoms with van der Waals surface area (Å²) in [6.07, 6.45) is 2.55. The summed E-state index contributed by atoms with van der Waals surface area (Å²) in [6.45, 7) is 1.95. The highest BCUT2D eigenvalue weighted by Gasteiger charge is 2.14. The van der Waals surface area contributed by atoms with Crippen molar-refractivity contribution in [2.45, 2.75) is 13.3 Å². The average molecular weight is 280 g/mol. The van der Waals surface area contributed by atoms with Crippen molar-refractivity contribution in [1.82, 2.24) is 9.38 Å². The van der Waals surface area contributed by atoms with Crippen molar-refractivity contribution in [1.29, 1.82) is 0 Å². The van der Waals surface area contributed by atoms with E-state index in [2.05, 4.69) is 4.98 Å². The Balaban J connectivity index is 0.000000286. The molecule has 8 heteroatoms. The summed E-state index contributed by atoms with van der Waals surface area (Å²) in [5.74, 6) is -3.85. The van der Waals surface area contributed by atoms with Crippen molar-refractivity contribution in [3.05, 3.63) is 35.9 Å². The highest BCUT2D eigenvalue weighted by atomic mass is 16.4. The molecule has 20 heavy (non-hydrogen) atoms. The number of hydrogen-bond donors (Lipinski definition) is 3. The van der Waals surface area contributed by atoms with Crippen LogP contribution in [0.2, 0.25) is 0 Å². The molecular formula is C12H12N2O6. The first-order valence-electron chi connectivity index (χ1n) is 5.54. The normalized spacial score (nSPS) is 9.65. The molecule has 0 radical (unpaired) electrons. The first kappa shape index (κ1) is 15.2. The topological polar surface area (TPSA) is 129 Å². The Kier molecular flexibility index (Phi) is 4.79. The summed E-state index contributed by atoms with van der Waals surface area (Å²) >= 11 is 0. The Morgan fingerprint density at radius 2 is 1.75 bits per heavy atom. The number of carboxylic acid groups (broad SMARTS) is 3. The number of carbonyl (C=O) groups is 3. The van der Waals surface area contributed by atoms with Gasteiger partial charge in [0.25, 0.3) is 0 Å². The maximum atomic E-state index is 10.9. The second kappa shape index (κ2) is 6.32. The number of rotatable bonds is 2. The smallest absolute Gasteiger partial charge is 0.414 e. The minimum Gasteiger partial charge on any atom is -0.476 e. The van der Waals surface area contributed by atoms with E-state index in [1.165, 1.54) is 0 Å². The van der Waals surface area contributed by atoms with Gasteiger partial charge >= 0.3 is 17.9 Å². The van der Waals surface area contributed by atoms with Crippen LogP contribution >= 0.6 is 0 Å². The van der Waals surface area contributed by atoms with E-state index in [0.29, 0.717) is 5.52 Å². The van der Waals surface area contributed by atoms with Crippen molar-refractivity contribution in [2.75, 3.05) is 0 Å². The lowest BCUT2D eigenvalue weighted by Crippen LogP contribution is -2.09. The summed E-state index contributed by atoms with van der Waals surface area (Å²) < 4.78 is 1.81. The number of pyridine rings is 1. The van der Waals surface area contributed by atoms with E-state index in [1.807, 2.05) is 29.7 Å². The van der Waals surface area contributed by atoms with Gasteiger partial charge in [-0.25, -0.2) is 19.4 Å². The lowest BCUT2D eigenvalue weighted by Gasteiger charge is -1.95. The van der Waals surface area contributed by atoms with Crippen LogP contribution in [0.5, 0.6) is 0 Å². The van der Waals surface area contributed by atoms with E-state index in [1.54, 1.807) is 6.07 Å². The zero-order valence-corrected chi connectivity index (χ0v) is 10.5. The number of fused-ring (bicyclic) bond motifs is 1. The molecule has 0 amide bonds. The third kappa shape index (κ3) is 3.31. The zero-order chi connectivity index (χ0) is 15.3. The predicted molar refractivity (Wildman–Crippen MR) is 66.8 cm³/mol. The molecule has 0 spiro atoms. The monoisotopic (exact) mass is 280 g/mol. The van der Waals surface area contributed by atoms with E-state index in [4.69, 9.17) is 24.9 Å². The van der Waals surface area contributed by atoms with Crippen molar-refractivity contribution >= 4 is 23.4 Å². The van der Waals surface area contributed by atoms with Gasteiger partial charge in [0.05, 0.1) is 5.52 Å².